The van der Waals surface area contributed by atoms with E-state index in [-0.39, 0.29) is 35.8 Å². The van der Waals surface area contributed by atoms with Gasteiger partial charge in [0.2, 0.25) is 5.91 Å². The predicted molar refractivity (Wildman–Crippen MR) is 131 cm³/mol. The number of urea groups is 1. The number of benzene rings is 2. The van der Waals surface area contributed by atoms with Gasteiger partial charge in [-0.25, -0.2) is 9.18 Å². The van der Waals surface area contributed by atoms with Crippen LogP contribution in [0.3, 0.4) is 0 Å². The van der Waals surface area contributed by atoms with Crippen molar-refractivity contribution in [1.82, 2.24) is 20.0 Å². The fourth-order valence-corrected chi connectivity index (χ4v) is 4.98. The molecule has 2 aromatic rings. The summed E-state index contributed by atoms with van der Waals surface area (Å²) in [7, 11) is 0. The molecule has 182 valence electrons. The van der Waals surface area contributed by atoms with Crippen LogP contribution in [0.2, 0.25) is 0 Å². The number of nitrogens with zero attached hydrogens (tertiary/aromatic N) is 3. The molecule has 0 spiro atoms. The fraction of sp³-hybridized carbons (Fsp3) is 0.481. The van der Waals surface area contributed by atoms with Crippen molar-refractivity contribution < 1.29 is 14.0 Å². The van der Waals surface area contributed by atoms with Crippen LogP contribution in [0.5, 0.6) is 0 Å². The molecular formula is C27H35FN4O2. The summed E-state index contributed by atoms with van der Waals surface area (Å²) in [6.07, 6.45) is 1.40. The molecule has 3 amide bonds. The molecule has 2 aromatic carbocycles. The smallest absolute Gasteiger partial charge is 0.318 e. The van der Waals surface area contributed by atoms with E-state index in [0.717, 1.165) is 31.6 Å². The quantitative estimate of drug-likeness (QED) is 0.724. The lowest BCUT2D eigenvalue weighted by molar-refractivity contribution is -0.139. The van der Waals surface area contributed by atoms with Gasteiger partial charge in [-0.3, -0.25) is 9.69 Å². The molecule has 7 heteroatoms. The summed E-state index contributed by atoms with van der Waals surface area (Å²) in [6.45, 7) is 8.24. The molecule has 2 unspecified atom stereocenters. The Hall–Kier alpha value is -2.93. The van der Waals surface area contributed by atoms with E-state index in [1.54, 1.807) is 17.0 Å². The van der Waals surface area contributed by atoms with Crippen molar-refractivity contribution in [2.24, 2.45) is 5.92 Å². The summed E-state index contributed by atoms with van der Waals surface area (Å²) in [5.41, 5.74) is 2.19. The molecule has 0 aromatic heterocycles. The standard InChI is InChI=1S/C27H35FN4O2/c1-20(2)29-27(34)32-19-23(10-13-25(32)22-8-11-24(28)12-9-22)26(33)31-16-14-30(15-17-31)18-21-6-4-3-5-7-21/h3-9,11-12,20,23,25H,10,13-19H2,1-2H3,(H,29,34). The summed E-state index contributed by atoms with van der Waals surface area (Å²) >= 11 is 0. The van der Waals surface area contributed by atoms with Crippen molar-refractivity contribution >= 4 is 11.9 Å². The van der Waals surface area contributed by atoms with Crippen molar-refractivity contribution in [3.05, 3.63) is 71.5 Å². The molecule has 34 heavy (non-hydrogen) atoms. The molecule has 2 heterocycles. The maximum absolute atomic E-state index is 13.5. The number of piperazine rings is 1. The van der Waals surface area contributed by atoms with Crippen LogP contribution in [0, 0.1) is 11.7 Å². The lowest BCUT2D eigenvalue weighted by Gasteiger charge is -2.42. The Bertz CT molecular complexity index is 958. The average Bonchev–Trinajstić information content (AvgIpc) is 2.84. The molecule has 6 nitrogen and oxygen atoms in total. The lowest BCUT2D eigenvalue weighted by Crippen LogP contribution is -2.54. The third-order valence-electron chi connectivity index (χ3n) is 6.79. The third-order valence-corrected chi connectivity index (χ3v) is 6.79. The monoisotopic (exact) mass is 466 g/mol. The minimum atomic E-state index is -0.294. The van der Waals surface area contributed by atoms with Crippen LogP contribution in [-0.4, -0.2) is 65.4 Å². The number of nitrogens with one attached hydrogen (secondary N) is 1. The Kier molecular flexibility index (Phi) is 7.83. The zero-order valence-corrected chi connectivity index (χ0v) is 20.1. The van der Waals surface area contributed by atoms with Crippen LogP contribution >= 0.6 is 0 Å². The van der Waals surface area contributed by atoms with Gasteiger partial charge in [0.15, 0.2) is 0 Å². The minimum Gasteiger partial charge on any atom is -0.340 e. The second-order valence-electron chi connectivity index (χ2n) is 9.69. The molecular weight excluding hydrogens is 431 g/mol. The van der Waals surface area contributed by atoms with Gasteiger partial charge in [-0.15, -0.1) is 0 Å². The van der Waals surface area contributed by atoms with Gasteiger partial charge in [0.05, 0.1) is 12.0 Å². The normalized spacial score (nSPS) is 21.5. The van der Waals surface area contributed by atoms with Crippen molar-refractivity contribution in [3.8, 4) is 0 Å². The topological polar surface area (TPSA) is 55.9 Å². The number of rotatable bonds is 5. The number of likely N-dealkylation sites (tertiary alicyclic amines) is 1. The van der Waals surface area contributed by atoms with Crippen LogP contribution < -0.4 is 5.32 Å². The average molecular weight is 467 g/mol. The van der Waals surface area contributed by atoms with Gasteiger partial charge in [-0.05, 0) is 49.9 Å². The van der Waals surface area contributed by atoms with Gasteiger partial charge in [-0.2, -0.15) is 0 Å². The summed E-state index contributed by atoms with van der Waals surface area (Å²) in [5, 5.41) is 2.97. The number of amides is 3. The van der Waals surface area contributed by atoms with Gasteiger partial charge in [0.25, 0.3) is 0 Å². The van der Waals surface area contributed by atoms with E-state index in [1.165, 1.54) is 17.7 Å². The molecule has 2 saturated heterocycles. The number of carbonyl (C=O) groups is 2. The van der Waals surface area contributed by atoms with Crippen molar-refractivity contribution in [1.29, 1.82) is 0 Å². The SMILES string of the molecule is CC(C)NC(=O)N1CC(C(=O)N2CCN(Cc3ccccc3)CC2)CCC1c1ccc(F)cc1. The van der Waals surface area contributed by atoms with E-state index >= 15 is 0 Å². The van der Waals surface area contributed by atoms with Crippen LogP contribution in [0.15, 0.2) is 54.6 Å². The summed E-state index contributed by atoms with van der Waals surface area (Å²) in [4.78, 5) is 32.5. The van der Waals surface area contributed by atoms with Crippen LogP contribution in [0.25, 0.3) is 0 Å². The second kappa shape index (κ2) is 11.0. The van der Waals surface area contributed by atoms with E-state index in [1.807, 2.05) is 24.8 Å². The highest BCUT2D eigenvalue weighted by molar-refractivity contribution is 5.81. The maximum atomic E-state index is 13.5. The van der Waals surface area contributed by atoms with E-state index in [9.17, 15) is 14.0 Å². The number of carbonyl (C=O) groups excluding carboxylic acids is 2. The first kappa shape index (κ1) is 24.2. The molecule has 2 aliphatic heterocycles. The zero-order chi connectivity index (χ0) is 24.1. The van der Waals surface area contributed by atoms with E-state index in [4.69, 9.17) is 0 Å². The maximum Gasteiger partial charge on any atom is 0.318 e. The predicted octanol–water partition coefficient (Wildman–Crippen LogP) is 4.04. The molecule has 0 bridgehead atoms. The van der Waals surface area contributed by atoms with Gasteiger partial charge in [0.1, 0.15) is 5.82 Å². The van der Waals surface area contributed by atoms with Crippen molar-refractivity contribution in [2.75, 3.05) is 32.7 Å². The summed E-state index contributed by atoms with van der Waals surface area (Å²) in [5.74, 6) is -0.369. The number of hydrogen-bond acceptors (Lipinski definition) is 3. The summed E-state index contributed by atoms with van der Waals surface area (Å²) in [6, 6.07) is 16.4. The number of hydrogen-bond donors (Lipinski definition) is 1. The molecule has 0 radical (unpaired) electrons. The first-order chi connectivity index (χ1) is 16.4. The van der Waals surface area contributed by atoms with Crippen LogP contribution in [0.1, 0.15) is 43.9 Å². The highest BCUT2D eigenvalue weighted by atomic mass is 19.1. The third kappa shape index (κ3) is 5.95. The molecule has 0 aliphatic carbocycles. The zero-order valence-electron chi connectivity index (χ0n) is 20.1. The Morgan fingerprint density at radius 2 is 1.65 bits per heavy atom. The molecule has 2 aliphatic rings. The lowest BCUT2D eigenvalue weighted by atomic mass is 9.88. The largest absolute Gasteiger partial charge is 0.340 e. The van der Waals surface area contributed by atoms with Crippen LogP contribution in [0.4, 0.5) is 9.18 Å². The van der Waals surface area contributed by atoms with Crippen molar-refractivity contribution in [2.45, 2.75) is 45.3 Å². The van der Waals surface area contributed by atoms with Crippen molar-refractivity contribution in [3.63, 3.8) is 0 Å². The first-order valence-corrected chi connectivity index (χ1v) is 12.3. The summed E-state index contributed by atoms with van der Waals surface area (Å²) < 4.78 is 13.5. The molecule has 4 rings (SSSR count). The highest BCUT2D eigenvalue weighted by Gasteiger charge is 2.38. The van der Waals surface area contributed by atoms with Crippen LogP contribution in [-0.2, 0) is 11.3 Å². The number of halogens is 1. The Balaban J connectivity index is 1.38. The molecule has 1 N–H and O–H groups in total. The molecule has 2 fully saturated rings. The fourth-order valence-electron chi connectivity index (χ4n) is 4.98. The number of piperidine rings is 1. The minimum absolute atomic E-state index is 0.00450. The van der Waals surface area contributed by atoms with Gasteiger partial charge < -0.3 is 15.1 Å². The molecule has 2 atom stereocenters. The first-order valence-electron chi connectivity index (χ1n) is 12.3. The highest BCUT2D eigenvalue weighted by Crippen LogP contribution is 2.34. The Morgan fingerprint density at radius 3 is 2.29 bits per heavy atom. The van der Waals surface area contributed by atoms with Gasteiger partial charge in [-0.1, -0.05) is 42.5 Å². The molecule has 0 saturated carbocycles. The van der Waals surface area contributed by atoms with Gasteiger partial charge >= 0.3 is 6.03 Å². The second-order valence-corrected chi connectivity index (χ2v) is 9.69. The van der Waals surface area contributed by atoms with Gasteiger partial charge in [0, 0.05) is 45.3 Å². The van der Waals surface area contributed by atoms with E-state index in [0.29, 0.717) is 26.1 Å². The Labute approximate surface area is 201 Å². The van der Waals surface area contributed by atoms with E-state index < -0.39 is 0 Å². The van der Waals surface area contributed by atoms with E-state index in [2.05, 4.69) is 34.5 Å². The Morgan fingerprint density at radius 1 is 0.971 bits per heavy atom.